The van der Waals surface area contributed by atoms with E-state index < -0.39 is 24.9 Å². The number of likely N-dealkylation sites (tertiary alicyclic amines) is 1. The first kappa shape index (κ1) is 21.3. The molecule has 1 N–H and O–H groups in total. The second kappa shape index (κ2) is 8.08. The highest BCUT2D eigenvalue weighted by molar-refractivity contribution is 5.98. The van der Waals surface area contributed by atoms with Crippen LogP contribution in [0.3, 0.4) is 0 Å². The summed E-state index contributed by atoms with van der Waals surface area (Å²) in [6, 6.07) is 19.1. The number of furan rings is 1. The van der Waals surface area contributed by atoms with E-state index in [1.165, 1.54) is 12.1 Å². The second-order valence-corrected chi connectivity index (χ2v) is 8.29. The number of halogens is 3. The third-order valence-electron chi connectivity index (χ3n) is 5.77. The molecule has 1 fully saturated rings. The van der Waals surface area contributed by atoms with Gasteiger partial charge in [0.25, 0.3) is 11.8 Å². The van der Waals surface area contributed by atoms with Gasteiger partial charge < -0.3 is 14.6 Å². The maximum absolute atomic E-state index is 13.5. The summed E-state index contributed by atoms with van der Waals surface area (Å²) in [5, 5.41) is 3.98. The minimum atomic E-state index is -2.79. The molecule has 0 aliphatic carbocycles. The lowest BCUT2D eigenvalue weighted by molar-refractivity contribution is -0.113. The molecule has 1 aromatic heterocycles. The van der Waals surface area contributed by atoms with Crippen molar-refractivity contribution < 1.29 is 22.4 Å². The van der Waals surface area contributed by atoms with E-state index in [0.29, 0.717) is 17.7 Å². The fraction of sp³-hybridized carbons (Fsp3) is 0.192. The number of hydrogen-bond acceptors (Lipinski definition) is 3. The third-order valence-corrected chi connectivity index (χ3v) is 5.77. The maximum Gasteiger partial charge on any atom is 0.282 e. The lowest BCUT2D eigenvalue weighted by Crippen LogP contribution is -2.58. The number of amides is 1. The van der Waals surface area contributed by atoms with Gasteiger partial charge in [0.15, 0.2) is 0 Å². The van der Waals surface area contributed by atoms with E-state index in [1.807, 2.05) is 25.2 Å². The van der Waals surface area contributed by atoms with E-state index in [0.717, 1.165) is 38.3 Å². The van der Waals surface area contributed by atoms with E-state index in [4.69, 9.17) is 4.42 Å². The zero-order valence-electron chi connectivity index (χ0n) is 17.9. The molecular weight excluding hydrogens is 429 g/mol. The van der Waals surface area contributed by atoms with Crippen molar-refractivity contribution in [1.82, 2.24) is 10.2 Å². The Morgan fingerprint density at radius 3 is 2.27 bits per heavy atom. The SMILES string of the molecule is CNCc1cc2cc(-c3ccc(C(=O)N4CC(F)(F)C4)cc3)cc(-c3ccc(F)cc3)c2o1. The van der Waals surface area contributed by atoms with Crippen molar-refractivity contribution in [2.24, 2.45) is 0 Å². The number of nitrogens with one attached hydrogen (secondary N) is 1. The molecule has 5 rings (SSSR count). The molecule has 1 amide bonds. The summed E-state index contributed by atoms with van der Waals surface area (Å²) in [4.78, 5) is 13.6. The first-order valence-corrected chi connectivity index (χ1v) is 10.6. The molecule has 0 unspecified atom stereocenters. The van der Waals surface area contributed by atoms with Crippen LogP contribution >= 0.6 is 0 Å². The fourth-order valence-electron chi connectivity index (χ4n) is 4.12. The van der Waals surface area contributed by atoms with Crippen molar-refractivity contribution in [3.05, 3.63) is 83.9 Å². The quantitative estimate of drug-likeness (QED) is 0.423. The average Bonchev–Trinajstić information content (AvgIpc) is 3.20. The van der Waals surface area contributed by atoms with Crippen LogP contribution < -0.4 is 5.32 Å². The van der Waals surface area contributed by atoms with E-state index >= 15 is 0 Å². The van der Waals surface area contributed by atoms with Gasteiger partial charge in [-0.25, -0.2) is 13.2 Å². The molecule has 1 saturated heterocycles. The largest absolute Gasteiger partial charge is 0.459 e. The molecule has 0 atom stereocenters. The van der Waals surface area contributed by atoms with Crippen molar-refractivity contribution in [2.45, 2.75) is 12.5 Å². The molecule has 1 aliphatic rings. The lowest BCUT2D eigenvalue weighted by Gasteiger charge is -2.38. The van der Waals surface area contributed by atoms with Crippen LogP contribution in [0.4, 0.5) is 13.2 Å². The highest BCUT2D eigenvalue weighted by Gasteiger charge is 2.46. The van der Waals surface area contributed by atoms with Crippen LogP contribution in [0.1, 0.15) is 16.1 Å². The number of rotatable bonds is 5. The molecule has 0 spiro atoms. The highest BCUT2D eigenvalue weighted by Crippen LogP contribution is 2.36. The van der Waals surface area contributed by atoms with Crippen molar-refractivity contribution in [3.63, 3.8) is 0 Å². The van der Waals surface area contributed by atoms with Crippen molar-refractivity contribution >= 4 is 16.9 Å². The van der Waals surface area contributed by atoms with Crippen LogP contribution in [0.2, 0.25) is 0 Å². The number of fused-ring (bicyclic) bond motifs is 1. The molecule has 4 nitrogen and oxygen atoms in total. The molecule has 0 radical (unpaired) electrons. The van der Waals surface area contributed by atoms with E-state index in [-0.39, 0.29) is 5.82 Å². The predicted molar refractivity (Wildman–Crippen MR) is 121 cm³/mol. The Morgan fingerprint density at radius 1 is 0.970 bits per heavy atom. The van der Waals surface area contributed by atoms with E-state index in [1.54, 1.807) is 36.4 Å². The number of carbonyl (C=O) groups excluding carboxylic acids is 1. The molecule has 0 bridgehead atoms. The highest BCUT2D eigenvalue weighted by atomic mass is 19.3. The zero-order chi connectivity index (χ0) is 23.2. The molecule has 168 valence electrons. The van der Waals surface area contributed by atoms with Crippen molar-refractivity contribution in [2.75, 3.05) is 20.1 Å². The Hall–Kier alpha value is -3.58. The molecular formula is C26H21F3N2O2. The van der Waals surface area contributed by atoms with Crippen LogP contribution in [-0.4, -0.2) is 36.9 Å². The Labute approximate surface area is 188 Å². The van der Waals surface area contributed by atoms with Crippen LogP contribution in [0, 0.1) is 5.82 Å². The van der Waals surface area contributed by atoms with Gasteiger partial charge in [-0.1, -0.05) is 24.3 Å². The molecule has 0 saturated carbocycles. The second-order valence-electron chi connectivity index (χ2n) is 8.29. The van der Waals surface area contributed by atoms with Crippen LogP contribution in [0.15, 0.2) is 71.1 Å². The topological polar surface area (TPSA) is 45.5 Å². The van der Waals surface area contributed by atoms with Crippen LogP contribution in [0.25, 0.3) is 33.2 Å². The van der Waals surface area contributed by atoms with Crippen molar-refractivity contribution in [1.29, 1.82) is 0 Å². The average molecular weight is 450 g/mol. The van der Waals surface area contributed by atoms with Crippen LogP contribution in [-0.2, 0) is 6.54 Å². The lowest BCUT2D eigenvalue weighted by atomic mass is 9.96. The predicted octanol–water partition coefficient (Wildman–Crippen LogP) is 5.72. The van der Waals surface area contributed by atoms with Gasteiger partial charge >= 0.3 is 0 Å². The maximum atomic E-state index is 13.5. The standard InChI is InChI=1S/C26H21F3N2O2/c1-30-13-22-11-20-10-19(12-23(24(20)33-22)17-6-8-21(27)9-7-17)16-2-4-18(5-3-16)25(32)31-14-26(28,29)15-31/h2-12,30H,13-15H2,1H3. The van der Waals surface area contributed by atoms with Gasteiger partial charge in [-0.05, 0) is 66.2 Å². The Morgan fingerprint density at radius 2 is 1.64 bits per heavy atom. The zero-order valence-corrected chi connectivity index (χ0v) is 17.9. The summed E-state index contributed by atoms with van der Waals surface area (Å²) >= 11 is 0. The molecule has 3 aromatic carbocycles. The summed E-state index contributed by atoms with van der Waals surface area (Å²) in [5.41, 5.74) is 4.48. The van der Waals surface area contributed by atoms with Gasteiger partial charge in [-0.15, -0.1) is 0 Å². The minimum absolute atomic E-state index is 0.318. The van der Waals surface area contributed by atoms with Gasteiger partial charge in [-0.3, -0.25) is 4.79 Å². The Kier molecular flexibility index (Phi) is 5.21. The Bertz CT molecular complexity index is 1320. The molecule has 33 heavy (non-hydrogen) atoms. The fourth-order valence-corrected chi connectivity index (χ4v) is 4.12. The number of benzene rings is 3. The van der Waals surface area contributed by atoms with E-state index in [2.05, 4.69) is 5.32 Å². The normalized spacial score (nSPS) is 15.0. The number of nitrogens with zero attached hydrogens (tertiary/aromatic N) is 1. The summed E-state index contributed by atoms with van der Waals surface area (Å²) in [7, 11) is 1.84. The van der Waals surface area contributed by atoms with Crippen LogP contribution in [0.5, 0.6) is 0 Å². The van der Waals surface area contributed by atoms with Gasteiger partial charge in [0.05, 0.1) is 19.6 Å². The summed E-state index contributed by atoms with van der Waals surface area (Å²) in [5.74, 6) is -2.73. The first-order chi connectivity index (χ1) is 15.8. The summed E-state index contributed by atoms with van der Waals surface area (Å²) < 4.78 is 45.8. The monoisotopic (exact) mass is 450 g/mol. The smallest absolute Gasteiger partial charge is 0.282 e. The Balaban J connectivity index is 1.52. The van der Waals surface area contributed by atoms with Gasteiger partial charge in [0.1, 0.15) is 17.2 Å². The van der Waals surface area contributed by atoms with Gasteiger partial charge in [0, 0.05) is 16.5 Å². The van der Waals surface area contributed by atoms with Gasteiger partial charge in [0.2, 0.25) is 0 Å². The van der Waals surface area contributed by atoms with E-state index in [9.17, 15) is 18.0 Å². The number of hydrogen-bond donors (Lipinski definition) is 1. The minimum Gasteiger partial charge on any atom is -0.459 e. The molecule has 4 aromatic rings. The summed E-state index contributed by atoms with van der Waals surface area (Å²) in [6.45, 7) is -0.513. The molecule has 1 aliphatic heterocycles. The van der Waals surface area contributed by atoms with Crippen molar-refractivity contribution in [3.8, 4) is 22.3 Å². The number of alkyl halides is 2. The molecule has 7 heteroatoms. The molecule has 2 heterocycles. The summed E-state index contributed by atoms with van der Waals surface area (Å²) in [6.07, 6.45) is 0. The first-order valence-electron chi connectivity index (χ1n) is 10.6. The van der Waals surface area contributed by atoms with Gasteiger partial charge in [-0.2, -0.15) is 0 Å². The number of carbonyl (C=O) groups is 1. The third kappa shape index (κ3) is 4.12.